The third kappa shape index (κ3) is 14.6. The van der Waals surface area contributed by atoms with Gasteiger partial charge in [0.1, 0.15) is 41.3 Å². The third-order valence-corrected chi connectivity index (χ3v) is 10.7. The molecule has 0 saturated heterocycles. The Kier molecular flexibility index (Phi) is 18.4. The molecule has 9 rings (SSSR count). The number of carboxylic acids is 1. The molecule has 24 heteroatoms. The molecule has 0 radical (unpaired) electrons. The number of hydrogen-bond donors (Lipinski definition) is 3. The second kappa shape index (κ2) is 24.8. The van der Waals surface area contributed by atoms with Gasteiger partial charge in [-0.25, -0.2) is 28.4 Å². The lowest BCUT2D eigenvalue weighted by molar-refractivity contribution is -0.140. The van der Waals surface area contributed by atoms with Crippen molar-refractivity contribution in [2.75, 3.05) is 11.9 Å². The van der Waals surface area contributed by atoms with Crippen LogP contribution in [0.5, 0.6) is 0 Å². The number of benzene rings is 2. The van der Waals surface area contributed by atoms with Gasteiger partial charge in [-0.1, -0.05) is 34.1 Å². The van der Waals surface area contributed by atoms with Crippen LogP contribution in [0.4, 0.5) is 8.78 Å². The zero-order chi connectivity index (χ0) is 50.3. The number of aliphatic carboxylic acids is 1. The van der Waals surface area contributed by atoms with Crippen LogP contribution in [0, 0.1) is 11.6 Å². The number of alkyl halides is 1. The number of ether oxygens (including phenoxy) is 1. The van der Waals surface area contributed by atoms with Gasteiger partial charge < -0.3 is 25.1 Å². The number of nitrogens with zero attached hydrogens (tertiary/aromatic N) is 10. The molecule has 18 nitrogen and oxygen atoms in total. The normalized spacial score (nSPS) is 11.1. The molecule has 7 aromatic heterocycles. The minimum Gasteiger partial charge on any atom is -0.480 e. The monoisotopic (exact) mass is 1080 g/mol. The summed E-state index contributed by atoms with van der Waals surface area (Å²) < 4.78 is 35.5. The molecule has 1 amide bonds. The molecule has 0 saturated carbocycles. The number of carbonyl (C=O) groups excluding carboxylic acids is 3. The number of Topliss-reactive ketones (excluding diaryl/α,β-unsaturated/α-hetero) is 1. The Labute approximate surface area is 419 Å². The molecular formula is C46H38BrCl3F2N12O6. The number of carboxylic acid groups (broad SMARTS) is 1. The van der Waals surface area contributed by atoms with E-state index in [2.05, 4.69) is 65.6 Å². The molecule has 1 atom stereocenters. The van der Waals surface area contributed by atoms with Crippen LogP contribution >= 0.6 is 50.7 Å². The summed E-state index contributed by atoms with van der Waals surface area (Å²) in [5, 5.41) is 15.9. The molecule has 0 fully saturated rings. The number of esters is 1. The summed E-state index contributed by atoms with van der Waals surface area (Å²) in [5.41, 5.74) is 9.75. The van der Waals surface area contributed by atoms with Crippen LogP contribution < -0.4 is 5.73 Å². The molecule has 360 valence electrons. The van der Waals surface area contributed by atoms with E-state index in [-0.39, 0.29) is 53.5 Å². The van der Waals surface area contributed by atoms with E-state index in [9.17, 15) is 28.0 Å². The number of ketones is 1. The number of hydrogen-bond acceptors (Lipinski definition) is 13. The number of amides is 1. The molecule has 0 bridgehead atoms. The molecule has 2 aromatic carbocycles. The van der Waals surface area contributed by atoms with E-state index in [1.807, 2.05) is 12.1 Å². The first-order chi connectivity index (χ1) is 33.6. The molecular weight excluding hydrogens is 1040 g/mol. The fourth-order valence-corrected chi connectivity index (χ4v) is 7.37. The number of primary amides is 1. The number of H-pyrrole nitrogens is 1. The summed E-state index contributed by atoms with van der Waals surface area (Å²) in [6.07, 6.45) is 11.4. The Hall–Kier alpha value is -7.33. The molecule has 70 heavy (non-hydrogen) atoms. The molecule has 0 aliphatic rings. The predicted molar refractivity (Wildman–Crippen MR) is 260 cm³/mol. The number of aromatic nitrogens is 11. The molecule has 7 heterocycles. The lowest BCUT2D eigenvalue weighted by Gasteiger charge is -2.20. The van der Waals surface area contributed by atoms with Crippen molar-refractivity contribution >= 4 is 107 Å². The average Bonchev–Trinajstić information content (AvgIpc) is 4.07. The highest BCUT2D eigenvalue weighted by molar-refractivity contribution is 9.09. The van der Waals surface area contributed by atoms with Crippen molar-refractivity contribution in [2.45, 2.75) is 38.8 Å². The standard InChI is InChI=1S/C28H21ClF2N6O2.C8H6ClN3O2.C6H4ClN3.C4H7BrO2/c29-28-34-13-20-14-35-37(27(20)36-28)15-23(38)11-19(7-16-8-21(30)12-22(31)9-16)25-24(5-2-6-33-25)17-3-1-4-18(10-17)26(32)39;9-8-10-3-5-1-2-12(4-6(13)14)7(5)11-8;7-6-9-3-4-1-2-8-5(4)10-6;1-2-7-4(6)3-5/h1-6,8-10,12-14,19H,7,11,15H2,(H2,32,39);1-3H,4H2,(H,13,14);1-3H,(H,8,9,10);2-3H2,1H3/t19-;;;/m1.../s1. The minimum atomic E-state index is -0.919. The maximum absolute atomic E-state index is 14.0. The van der Waals surface area contributed by atoms with Gasteiger partial charge in [0.25, 0.3) is 0 Å². The van der Waals surface area contributed by atoms with Gasteiger partial charge in [0, 0.05) is 77.5 Å². The van der Waals surface area contributed by atoms with E-state index in [0.29, 0.717) is 56.6 Å². The Morgan fingerprint density at radius 1 is 0.814 bits per heavy atom. The number of aromatic amines is 1. The molecule has 0 aliphatic carbocycles. The Balaban J connectivity index is 0.000000207. The summed E-state index contributed by atoms with van der Waals surface area (Å²) in [6, 6.07) is 17.2. The zero-order valence-electron chi connectivity index (χ0n) is 36.5. The highest BCUT2D eigenvalue weighted by Gasteiger charge is 2.24. The van der Waals surface area contributed by atoms with Crippen LogP contribution in [-0.4, -0.2) is 94.9 Å². The Morgan fingerprint density at radius 3 is 2.17 bits per heavy atom. The van der Waals surface area contributed by atoms with Crippen LogP contribution in [0.25, 0.3) is 44.2 Å². The molecule has 9 aromatic rings. The van der Waals surface area contributed by atoms with Crippen molar-refractivity contribution in [1.29, 1.82) is 0 Å². The number of nitrogens with two attached hydrogens (primary N) is 1. The van der Waals surface area contributed by atoms with Gasteiger partial charge in [-0.05, 0) is 102 Å². The van der Waals surface area contributed by atoms with Crippen molar-refractivity contribution in [1.82, 2.24) is 54.2 Å². The van der Waals surface area contributed by atoms with Gasteiger partial charge >= 0.3 is 11.9 Å². The lowest BCUT2D eigenvalue weighted by Crippen LogP contribution is -2.18. The van der Waals surface area contributed by atoms with Crippen LogP contribution in [0.1, 0.15) is 40.9 Å². The number of carbonyl (C=O) groups is 4. The summed E-state index contributed by atoms with van der Waals surface area (Å²) in [5.74, 6) is -3.92. The van der Waals surface area contributed by atoms with Crippen molar-refractivity contribution < 1.29 is 37.8 Å². The number of rotatable bonds is 13. The van der Waals surface area contributed by atoms with Crippen LogP contribution in [-0.2, 0) is 38.6 Å². The quantitative estimate of drug-likeness (QED) is 0.0555. The fraction of sp³-hybridized carbons (Fsp3) is 0.174. The molecule has 0 unspecified atom stereocenters. The number of fused-ring (bicyclic) bond motifs is 3. The van der Waals surface area contributed by atoms with E-state index in [4.69, 9.17) is 45.6 Å². The number of halogens is 6. The van der Waals surface area contributed by atoms with Gasteiger partial charge in [0.15, 0.2) is 11.4 Å². The minimum absolute atomic E-state index is 0.0160. The van der Waals surface area contributed by atoms with E-state index in [0.717, 1.165) is 22.5 Å². The highest BCUT2D eigenvalue weighted by Crippen LogP contribution is 2.33. The average molecular weight is 1080 g/mol. The fourth-order valence-electron chi connectivity index (χ4n) is 6.81. The van der Waals surface area contributed by atoms with Crippen LogP contribution in [0.2, 0.25) is 15.9 Å². The number of pyridine rings is 1. The Morgan fingerprint density at radius 2 is 1.50 bits per heavy atom. The largest absolute Gasteiger partial charge is 0.480 e. The lowest BCUT2D eigenvalue weighted by atomic mass is 9.86. The summed E-state index contributed by atoms with van der Waals surface area (Å²) in [6.45, 7) is 2.01. The second-order valence-corrected chi connectivity index (χ2v) is 16.2. The first kappa shape index (κ1) is 52.0. The van der Waals surface area contributed by atoms with Gasteiger partial charge in [0.05, 0.1) is 23.9 Å². The van der Waals surface area contributed by atoms with Gasteiger partial charge in [-0.3, -0.25) is 24.2 Å². The van der Waals surface area contributed by atoms with Gasteiger partial charge in [0.2, 0.25) is 21.8 Å². The van der Waals surface area contributed by atoms with E-state index in [1.54, 1.807) is 74.3 Å². The van der Waals surface area contributed by atoms with E-state index < -0.39 is 29.4 Å². The molecule has 0 aliphatic heterocycles. The van der Waals surface area contributed by atoms with Crippen molar-refractivity contribution in [3.05, 3.63) is 154 Å². The first-order valence-electron chi connectivity index (χ1n) is 20.6. The second-order valence-electron chi connectivity index (χ2n) is 14.6. The topological polar surface area (TPSA) is 253 Å². The van der Waals surface area contributed by atoms with Crippen molar-refractivity contribution in [2.24, 2.45) is 5.73 Å². The number of nitrogens with one attached hydrogen (secondary N) is 1. The Bertz CT molecular complexity index is 3280. The SMILES string of the molecule is CCOC(=O)CBr.Clc1ncc2cc[nH]c2n1.NC(=O)c1cccc(-c2cccnc2[C@@H](CC(=O)Cn2ncc3cnc(Cl)nc32)Cc2cc(F)cc(F)c2)c1.O=C(O)Cn1ccc2cnc(Cl)nc21. The maximum atomic E-state index is 14.0. The van der Waals surface area contributed by atoms with Gasteiger partial charge in [-0.2, -0.15) is 20.1 Å². The van der Waals surface area contributed by atoms with Crippen molar-refractivity contribution in [3.63, 3.8) is 0 Å². The maximum Gasteiger partial charge on any atom is 0.323 e. The van der Waals surface area contributed by atoms with Crippen LogP contribution in [0.3, 0.4) is 0 Å². The molecule has 4 N–H and O–H groups in total. The highest BCUT2D eigenvalue weighted by atomic mass is 79.9. The first-order valence-corrected chi connectivity index (χ1v) is 22.9. The van der Waals surface area contributed by atoms with E-state index in [1.165, 1.54) is 33.8 Å². The molecule has 0 spiro atoms. The smallest absolute Gasteiger partial charge is 0.323 e. The summed E-state index contributed by atoms with van der Waals surface area (Å²) >= 11 is 20.0. The zero-order valence-corrected chi connectivity index (χ0v) is 40.4. The van der Waals surface area contributed by atoms with E-state index >= 15 is 0 Å². The predicted octanol–water partition coefficient (Wildman–Crippen LogP) is 8.63. The third-order valence-electron chi connectivity index (χ3n) is 9.70. The van der Waals surface area contributed by atoms with Crippen LogP contribution in [0.15, 0.2) is 110 Å². The summed E-state index contributed by atoms with van der Waals surface area (Å²) in [7, 11) is 0. The van der Waals surface area contributed by atoms with Gasteiger partial charge in [-0.15, -0.1) is 0 Å². The van der Waals surface area contributed by atoms with Crippen molar-refractivity contribution in [3.8, 4) is 11.1 Å². The summed E-state index contributed by atoms with van der Waals surface area (Å²) in [4.78, 5) is 76.8.